The van der Waals surface area contributed by atoms with Crippen LogP contribution in [0.25, 0.3) is 0 Å². The van der Waals surface area contributed by atoms with Crippen LogP contribution < -0.4 is 11.2 Å². The molecule has 2 atom stereocenters. The topological polar surface area (TPSA) is 73.3 Å². The highest BCUT2D eigenvalue weighted by Gasteiger charge is 2.22. The molecule has 0 fully saturated rings. The van der Waals surface area contributed by atoms with Gasteiger partial charge in [0.2, 0.25) is 0 Å². The van der Waals surface area contributed by atoms with Crippen LogP contribution in [0.1, 0.15) is 17.4 Å². The lowest BCUT2D eigenvalue weighted by molar-refractivity contribution is -0.0343. The van der Waals surface area contributed by atoms with Crippen LogP contribution in [0.5, 0.6) is 0 Å². The van der Waals surface area contributed by atoms with Crippen LogP contribution in [0.3, 0.4) is 0 Å². The maximum Gasteiger partial charge on any atom is 0.330 e. The van der Waals surface area contributed by atoms with E-state index < -0.39 is 11.9 Å². The lowest BCUT2D eigenvalue weighted by Crippen LogP contribution is -2.33. The highest BCUT2D eigenvalue weighted by Crippen LogP contribution is 2.20. The standard InChI is InChI=1S/C17H18N2O4/c1-12-9-19(17(21)18-16(12)20)15-8-7-14(23-15)11-22-10-13-5-3-2-4-6-13/h2-9,14-15H,10-11H2,1H3,(H,18,20,21)/t14-,15+/m1/s1. The highest BCUT2D eigenvalue weighted by molar-refractivity contribution is 5.13. The van der Waals surface area contributed by atoms with Gasteiger partial charge in [-0.05, 0) is 18.6 Å². The fraction of sp³-hybridized carbons (Fsp3) is 0.294. The van der Waals surface area contributed by atoms with Crippen LogP contribution in [0.4, 0.5) is 0 Å². The summed E-state index contributed by atoms with van der Waals surface area (Å²) in [5, 5.41) is 0. The Morgan fingerprint density at radius 1 is 1.22 bits per heavy atom. The third kappa shape index (κ3) is 3.67. The largest absolute Gasteiger partial charge is 0.374 e. The van der Waals surface area contributed by atoms with Crippen LogP contribution in [-0.4, -0.2) is 22.3 Å². The molecule has 23 heavy (non-hydrogen) atoms. The minimum absolute atomic E-state index is 0.220. The van der Waals surface area contributed by atoms with Crippen LogP contribution in [-0.2, 0) is 16.1 Å². The first-order valence-corrected chi connectivity index (χ1v) is 7.41. The predicted molar refractivity (Wildman–Crippen MR) is 85.2 cm³/mol. The Kier molecular flexibility index (Phi) is 4.55. The third-order valence-electron chi connectivity index (χ3n) is 3.62. The van der Waals surface area contributed by atoms with Crippen LogP contribution in [0.2, 0.25) is 0 Å². The van der Waals surface area contributed by atoms with E-state index in [1.54, 1.807) is 13.0 Å². The number of benzene rings is 1. The van der Waals surface area contributed by atoms with E-state index in [1.807, 2.05) is 36.4 Å². The average Bonchev–Trinajstić information content (AvgIpc) is 3.00. The van der Waals surface area contributed by atoms with E-state index in [2.05, 4.69) is 4.98 Å². The van der Waals surface area contributed by atoms with Crippen LogP contribution in [0.15, 0.2) is 58.3 Å². The quantitative estimate of drug-likeness (QED) is 0.849. The van der Waals surface area contributed by atoms with E-state index in [9.17, 15) is 9.59 Å². The second-order valence-electron chi connectivity index (χ2n) is 5.43. The second kappa shape index (κ2) is 6.76. The molecule has 1 aliphatic rings. The van der Waals surface area contributed by atoms with Gasteiger partial charge in [0.15, 0.2) is 6.23 Å². The zero-order valence-corrected chi connectivity index (χ0v) is 12.8. The number of aryl methyl sites for hydroxylation is 1. The van der Waals surface area contributed by atoms with Gasteiger partial charge in [-0.15, -0.1) is 0 Å². The summed E-state index contributed by atoms with van der Waals surface area (Å²) >= 11 is 0. The summed E-state index contributed by atoms with van der Waals surface area (Å²) in [4.78, 5) is 25.5. The van der Waals surface area contributed by atoms with Crippen molar-refractivity contribution in [3.8, 4) is 0 Å². The lowest BCUT2D eigenvalue weighted by atomic mass is 10.2. The zero-order chi connectivity index (χ0) is 16.2. The molecule has 0 amide bonds. The van der Waals surface area contributed by atoms with Crippen LogP contribution >= 0.6 is 0 Å². The molecule has 0 bridgehead atoms. The fourth-order valence-corrected chi connectivity index (χ4v) is 2.38. The monoisotopic (exact) mass is 314 g/mol. The smallest absolute Gasteiger partial charge is 0.330 e. The summed E-state index contributed by atoms with van der Waals surface area (Å²) in [6.07, 6.45) is 4.41. The molecule has 0 radical (unpaired) electrons. The number of aromatic amines is 1. The molecule has 2 heterocycles. The molecule has 1 aromatic heterocycles. The second-order valence-corrected chi connectivity index (χ2v) is 5.43. The summed E-state index contributed by atoms with van der Waals surface area (Å²) in [7, 11) is 0. The molecule has 120 valence electrons. The number of H-pyrrole nitrogens is 1. The number of ether oxygens (including phenoxy) is 2. The number of aromatic nitrogens is 2. The van der Waals surface area contributed by atoms with Crippen molar-refractivity contribution in [2.24, 2.45) is 0 Å². The van der Waals surface area contributed by atoms with Gasteiger partial charge >= 0.3 is 5.69 Å². The van der Waals surface area contributed by atoms with Gasteiger partial charge in [0.05, 0.1) is 13.2 Å². The molecule has 0 spiro atoms. The van der Waals surface area contributed by atoms with E-state index in [1.165, 1.54) is 10.8 Å². The summed E-state index contributed by atoms with van der Waals surface area (Å²) in [5.74, 6) is 0. The molecule has 6 nitrogen and oxygen atoms in total. The number of hydrogen-bond acceptors (Lipinski definition) is 4. The molecule has 1 N–H and O–H groups in total. The van der Waals surface area contributed by atoms with Crippen molar-refractivity contribution in [1.29, 1.82) is 0 Å². The van der Waals surface area contributed by atoms with Crippen molar-refractivity contribution >= 4 is 0 Å². The molecular formula is C17H18N2O4. The van der Waals surface area contributed by atoms with Crippen molar-refractivity contribution in [1.82, 2.24) is 9.55 Å². The lowest BCUT2D eigenvalue weighted by Gasteiger charge is -2.16. The Morgan fingerprint density at radius 3 is 2.78 bits per heavy atom. The molecule has 0 unspecified atom stereocenters. The minimum atomic E-state index is -0.525. The Hall–Kier alpha value is -2.44. The number of nitrogens with zero attached hydrogens (tertiary/aromatic N) is 1. The normalized spacial score (nSPS) is 20.0. The van der Waals surface area contributed by atoms with Crippen molar-refractivity contribution in [2.75, 3.05) is 6.61 Å². The summed E-state index contributed by atoms with van der Waals surface area (Å²) in [6, 6.07) is 9.88. The summed E-state index contributed by atoms with van der Waals surface area (Å²) < 4.78 is 12.8. The van der Waals surface area contributed by atoms with Gasteiger partial charge in [0.1, 0.15) is 6.10 Å². The Bertz CT molecular complexity index is 807. The SMILES string of the molecule is Cc1cn([C@@H]2C=C[C@H](COCc3ccccc3)O2)c(=O)[nH]c1=O. The van der Waals surface area contributed by atoms with Gasteiger partial charge in [-0.1, -0.05) is 36.4 Å². The highest BCUT2D eigenvalue weighted by atomic mass is 16.5. The summed E-state index contributed by atoms with van der Waals surface area (Å²) in [5.41, 5.74) is 0.695. The van der Waals surface area contributed by atoms with Gasteiger partial charge in [-0.25, -0.2) is 4.79 Å². The molecule has 6 heteroatoms. The van der Waals surface area contributed by atoms with Gasteiger partial charge in [0.25, 0.3) is 5.56 Å². The molecule has 0 saturated heterocycles. The Labute approximate surface area is 133 Å². The van der Waals surface area contributed by atoms with Gasteiger partial charge in [0, 0.05) is 11.8 Å². The zero-order valence-electron chi connectivity index (χ0n) is 12.8. The molecule has 3 rings (SSSR count). The van der Waals surface area contributed by atoms with Gasteiger partial charge < -0.3 is 9.47 Å². The minimum Gasteiger partial charge on any atom is -0.374 e. The van der Waals surface area contributed by atoms with E-state index in [0.29, 0.717) is 18.8 Å². The third-order valence-corrected chi connectivity index (χ3v) is 3.62. The number of rotatable bonds is 5. The summed E-state index contributed by atoms with van der Waals surface area (Å²) in [6.45, 7) is 2.56. The molecule has 0 saturated carbocycles. The molecule has 2 aromatic rings. The Morgan fingerprint density at radius 2 is 2.00 bits per heavy atom. The molecule has 1 aromatic carbocycles. The predicted octanol–water partition coefficient (Wildman–Crippen LogP) is 1.52. The van der Waals surface area contributed by atoms with E-state index in [-0.39, 0.29) is 11.7 Å². The van der Waals surface area contributed by atoms with Crippen LogP contribution in [0, 0.1) is 6.92 Å². The van der Waals surface area contributed by atoms with E-state index in [0.717, 1.165) is 5.56 Å². The maximum absolute atomic E-state index is 11.8. The van der Waals surface area contributed by atoms with E-state index in [4.69, 9.17) is 9.47 Å². The molecule has 0 aliphatic carbocycles. The van der Waals surface area contributed by atoms with Crippen molar-refractivity contribution < 1.29 is 9.47 Å². The first-order chi connectivity index (χ1) is 11.1. The number of nitrogens with one attached hydrogen (secondary N) is 1. The van der Waals surface area contributed by atoms with E-state index >= 15 is 0 Å². The Balaban J connectivity index is 1.57. The van der Waals surface area contributed by atoms with Gasteiger partial charge in [-0.2, -0.15) is 0 Å². The van der Waals surface area contributed by atoms with Gasteiger partial charge in [-0.3, -0.25) is 14.3 Å². The van der Waals surface area contributed by atoms with Crippen molar-refractivity contribution in [3.05, 3.63) is 80.6 Å². The molecule has 1 aliphatic heterocycles. The number of hydrogen-bond donors (Lipinski definition) is 1. The average molecular weight is 314 g/mol. The first kappa shape index (κ1) is 15.5. The van der Waals surface area contributed by atoms with Crippen molar-refractivity contribution in [2.45, 2.75) is 25.9 Å². The fourth-order valence-electron chi connectivity index (χ4n) is 2.38. The first-order valence-electron chi connectivity index (χ1n) is 7.41. The maximum atomic E-state index is 11.8. The molecular weight excluding hydrogens is 296 g/mol. The van der Waals surface area contributed by atoms with Crippen molar-refractivity contribution in [3.63, 3.8) is 0 Å².